The molecular formula is C14H12ClFOS. The summed E-state index contributed by atoms with van der Waals surface area (Å²) in [6.07, 6.45) is -0.832. The fourth-order valence-electron chi connectivity index (χ4n) is 1.64. The van der Waals surface area contributed by atoms with Gasteiger partial charge in [-0.2, -0.15) is 0 Å². The fourth-order valence-corrected chi connectivity index (χ4v) is 2.82. The zero-order valence-electron chi connectivity index (χ0n) is 9.73. The predicted octanol–water partition coefficient (Wildman–Crippen LogP) is 4.68. The second-order valence-electron chi connectivity index (χ2n) is 3.88. The van der Waals surface area contributed by atoms with Crippen molar-refractivity contribution >= 4 is 23.4 Å². The van der Waals surface area contributed by atoms with Crippen LogP contribution in [0.25, 0.3) is 0 Å². The van der Waals surface area contributed by atoms with E-state index in [-0.39, 0.29) is 5.82 Å². The highest BCUT2D eigenvalue weighted by atomic mass is 35.5. The second-order valence-corrected chi connectivity index (χ2v) is 5.44. The Bertz CT molecular complexity index is 540. The number of rotatable bonds is 3. The van der Waals surface area contributed by atoms with E-state index in [0.29, 0.717) is 15.5 Å². The molecule has 0 aliphatic carbocycles. The summed E-state index contributed by atoms with van der Waals surface area (Å²) in [4.78, 5) is 1.67. The monoisotopic (exact) mass is 282 g/mol. The number of hydrogen-bond donors (Lipinski definition) is 1. The van der Waals surface area contributed by atoms with Gasteiger partial charge in [0.15, 0.2) is 0 Å². The minimum Gasteiger partial charge on any atom is -0.389 e. The number of halogens is 2. The van der Waals surface area contributed by atoms with Crippen molar-refractivity contribution in [2.24, 2.45) is 0 Å². The van der Waals surface area contributed by atoms with Gasteiger partial charge in [-0.3, -0.25) is 0 Å². The third-order valence-electron chi connectivity index (χ3n) is 2.47. The summed E-state index contributed by atoms with van der Waals surface area (Å²) in [7, 11) is 0. The molecule has 94 valence electrons. The van der Waals surface area contributed by atoms with Gasteiger partial charge in [0.05, 0.1) is 6.10 Å². The number of aliphatic hydroxyl groups excluding tert-OH is 1. The van der Waals surface area contributed by atoms with Crippen LogP contribution in [-0.2, 0) is 0 Å². The molecule has 18 heavy (non-hydrogen) atoms. The molecule has 4 heteroatoms. The Morgan fingerprint density at radius 3 is 2.44 bits per heavy atom. The maximum Gasteiger partial charge on any atom is 0.130 e. The second kappa shape index (κ2) is 5.74. The third kappa shape index (κ3) is 3.05. The topological polar surface area (TPSA) is 20.2 Å². The van der Waals surface area contributed by atoms with E-state index in [4.69, 9.17) is 11.6 Å². The minimum absolute atomic E-state index is 0.331. The van der Waals surface area contributed by atoms with Crippen LogP contribution in [0, 0.1) is 5.82 Å². The Morgan fingerprint density at radius 1 is 1.17 bits per heavy atom. The fraction of sp³-hybridized carbons (Fsp3) is 0.143. The summed E-state index contributed by atoms with van der Waals surface area (Å²) in [5, 5.41) is 10.3. The zero-order chi connectivity index (χ0) is 13.1. The Kier molecular flexibility index (Phi) is 4.27. The molecule has 2 rings (SSSR count). The van der Waals surface area contributed by atoms with Crippen LogP contribution >= 0.6 is 23.4 Å². The molecular weight excluding hydrogens is 271 g/mol. The van der Waals surface area contributed by atoms with Crippen LogP contribution in [0.3, 0.4) is 0 Å². The third-order valence-corrected chi connectivity index (χ3v) is 3.81. The normalized spacial score (nSPS) is 12.4. The van der Waals surface area contributed by atoms with Gasteiger partial charge in [0.2, 0.25) is 0 Å². The van der Waals surface area contributed by atoms with Gasteiger partial charge in [0.25, 0.3) is 0 Å². The molecule has 0 aliphatic rings. The van der Waals surface area contributed by atoms with Gasteiger partial charge in [0.1, 0.15) is 5.82 Å². The Hall–Kier alpha value is -1.03. The molecule has 2 aromatic carbocycles. The van der Waals surface area contributed by atoms with Crippen LogP contribution < -0.4 is 0 Å². The molecule has 0 heterocycles. The highest BCUT2D eigenvalue weighted by Crippen LogP contribution is 2.35. The van der Waals surface area contributed by atoms with Crippen LogP contribution in [0.1, 0.15) is 18.6 Å². The molecule has 0 saturated heterocycles. The van der Waals surface area contributed by atoms with Gasteiger partial charge >= 0.3 is 0 Å². The lowest BCUT2D eigenvalue weighted by atomic mass is 10.1. The first-order valence-electron chi connectivity index (χ1n) is 5.48. The van der Waals surface area contributed by atoms with E-state index in [9.17, 15) is 9.50 Å². The van der Waals surface area contributed by atoms with Crippen molar-refractivity contribution in [2.75, 3.05) is 0 Å². The maximum absolute atomic E-state index is 13.7. The lowest BCUT2D eigenvalue weighted by Crippen LogP contribution is -1.98. The molecule has 0 spiro atoms. The van der Waals surface area contributed by atoms with Crippen molar-refractivity contribution in [3.63, 3.8) is 0 Å². The highest BCUT2D eigenvalue weighted by Gasteiger charge is 2.14. The van der Waals surface area contributed by atoms with Crippen LogP contribution in [-0.4, -0.2) is 5.11 Å². The van der Waals surface area contributed by atoms with Crippen molar-refractivity contribution in [3.8, 4) is 0 Å². The van der Waals surface area contributed by atoms with E-state index < -0.39 is 6.10 Å². The van der Waals surface area contributed by atoms with Crippen LogP contribution in [0.5, 0.6) is 0 Å². The molecule has 1 atom stereocenters. The molecule has 0 fully saturated rings. The number of hydrogen-bond acceptors (Lipinski definition) is 2. The largest absolute Gasteiger partial charge is 0.389 e. The van der Waals surface area contributed by atoms with Gasteiger partial charge in [0, 0.05) is 20.4 Å². The molecule has 2 aromatic rings. The summed E-state index contributed by atoms with van der Waals surface area (Å²) < 4.78 is 13.7. The molecule has 1 N–H and O–H groups in total. The molecule has 0 bridgehead atoms. The minimum atomic E-state index is -0.832. The standard InChI is InChI=1S/C14H12ClFOS/c1-9(17)14-12(16)3-2-4-13(14)18-11-7-5-10(15)6-8-11/h2-9,17H,1H3/t9-/m0/s1. The maximum atomic E-state index is 13.7. The molecule has 0 aromatic heterocycles. The highest BCUT2D eigenvalue weighted by molar-refractivity contribution is 7.99. The molecule has 0 saturated carbocycles. The average molecular weight is 283 g/mol. The predicted molar refractivity (Wildman–Crippen MR) is 72.6 cm³/mol. The first-order valence-corrected chi connectivity index (χ1v) is 6.67. The lowest BCUT2D eigenvalue weighted by molar-refractivity contribution is 0.191. The van der Waals surface area contributed by atoms with Gasteiger partial charge in [-0.25, -0.2) is 4.39 Å². The molecule has 1 nitrogen and oxygen atoms in total. The SMILES string of the molecule is C[C@H](O)c1c(F)cccc1Sc1ccc(Cl)cc1. The van der Waals surface area contributed by atoms with E-state index in [2.05, 4.69) is 0 Å². The van der Waals surface area contributed by atoms with E-state index in [1.165, 1.54) is 17.8 Å². The van der Waals surface area contributed by atoms with Gasteiger partial charge in [-0.15, -0.1) is 0 Å². The zero-order valence-corrected chi connectivity index (χ0v) is 11.3. The summed E-state index contributed by atoms with van der Waals surface area (Å²) >= 11 is 7.22. The van der Waals surface area contributed by atoms with Crippen LogP contribution in [0.4, 0.5) is 4.39 Å². The smallest absolute Gasteiger partial charge is 0.130 e. The van der Waals surface area contributed by atoms with Gasteiger partial charge in [-0.1, -0.05) is 29.4 Å². The number of aliphatic hydroxyl groups is 1. The van der Waals surface area contributed by atoms with Crippen molar-refractivity contribution in [1.82, 2.24) is 0 Å². The summed E-state index contributed by atoms with van der Waals surface area (Å²) in [5.41, 5.74) is 0.331. The van der Waals surface area contributed by atoms with Crippen molar-refractivity contribution in [1.29, 1.82) is 0 Å². The molecule has 0 radical (unpaired) electrons. The summed E-state index contributed by atoms with van der Waals surface area (Å²) in [6.45, 7) is 1.56. The summed E-state index contributed by atoms with van der Waals surface area (Å²) in [5.74, 6) is -0.385. The van der Waals surface area contributed by atoms with E-state index in [0.717, 1.165) is 4.90 Å². The summed E-state index contributed by atoms with van der Waals surface area (Å²) in [6, 6.07) is 12.1. The quantitative estimate of drug-likeness (QED) is 0.882. The lowest BCUT2D eigenvalue weighted by Gasteiger charge is -2.12. The van der Waals surface area contributed by atoms with Crippen LogP contribution in [0.15, 0.2) is 52.3 Å². The molecule has 0 unspecified atom stereocenters. The van der Waals surface area contributed by atoms with E-state index in [1.807, 2.05) is 12.1 Å². The Labute approximate surface area is 115 Å². The average Bonchev–Trinajstić information content (AvgIpc) is 2.32. The molecule has 0 amide bonds. The van der Waals surface area contributed by atoms with E-state index in [1.54, 1.807) is 31.2 Å². The van der Waals surface area contributed by atoms with Crippen molar-refractivity contribution in [3.05, 3.63) is 58.9 Å². The van der Waals surface area contributed by atoms with E-state index >= 15 is 0 Å². The first-order chi connectivity index (χ1) is 8.58. The Morgan fingerprint density at radius 2 is 1.83 bits per heavy atom. The van der Waals surface area contributed by atoms with Crippen molar-refractivity contribution < 1.29 is 9.50 Å². The molecule has 0 aliphatic heterocycles. The van der Waals surface area contributed by atoms with Gasteiger partial charge in [-0.05, 0) is 43.3 Å². The first kappa shape index (κ1) is 13.4. The van der Waals surface area contributed by atoms with Crippen molar-refractivity contribution in [2.45, 2.75) is 22.8 Å². The Balaban J connectivity index is 2.34. The van der Waals surface area contributed by atoms with Crippen LogP contribution in [0.2, 0.25) is 5.02 Å². The number of benzene rings is 2. The van der Waals surface area contributed by atoms with Gasteiger partial charge < -0.3 is 5.11 Å².